The highest BCUT2D eigenvalue weighted by Crippen LogP contribution is 2.23. The van der Waals surface area contributed by atoms with Gasteiger partial charge in [-0.2, -0.15) is 0 Å². The summed E-state index contributed by atoms with van der Waals surface area (Å²) in [7, 11) is 0. The molecule has 138 valence electrons. The highest BCUT2D eigenvalue weighted by molar-refractivity contribution is 5.75. The van der Waals surface area contributed by atoms with Crippen LogP contribution in [0.3, 0.4) is 0 Å². The van der Waals surface area contributed by atoms with Gasteiger partial charge in [0.1, 0.15) is 6.61 Å². The minimum atomic E-state index is -0.576. The summed E-state index contributed by atoms with van der Waals surface area (Å²) in [5.41, 5.74) is 2.40. The Morgan fingerprint density at radius 2 is 2.00 bits per heavy atom. The molecule has 1 aromatic rings. The summed E-state index contributed by atoms with van der Waals surface area (Å²) in [5, 5.41) is 5.59. The molecule has 0 bridgehead atoms. The first-order chi connectivity index (χ1) is 11.8. The molecule has 0 unspecified atom stereocenters. The Bertz CT molecular complexity index is 609. The largest absolute Gasteiger partial charge is 0.448 e. The van der Waals surface area contributed by atoms with Crippen LogP contribution in [0.1, 0.15) is 58.1 Å². The van der Waals surface area contributed by atoms with E-state index in [4.69, 9.17) is 4.74 Å². The maximum atomic E-state index is 12.0. The molecule has 0 aromatic heterocycles. The van der Waals surface area contributed by atoms with E-state index in [1.54, 1.807) is 0 Å². The van der Waals surface area contributed by atoms with Crippen molar-refractivity contribution in [3.63, 3.8) is 0 Å². The number of hydrogen-bond donors (Lipinski definition) is 2. The van der Waals surface area contributed by atoms with Crippen LogP contribution in [-0.2, 0) is 15.1 Å². The van der Waals surface area contributed by atoms with Gasteiger partial charge in [0.2, 0.25) is 5.91 Å². The average molecular weight is 346 g/mol. The van der Waals surface area contributed by atoms with Crippen LogP contribution < -0.4 is 10.6 Å². The standard InChI is InChI=1S/C20H30N2O3/c1-6-7-11-18(23)21-12-13-25-19(24)22-20(4,5)17-10-8-9-16(14-17)15(2)3/h8-10,14H,2,6-7,11-13H2,1,3-5H3,(H,21,23)(H,22,24). The predicted molar refractivity (Wildman–Crippen MR) is 101 cm³/mol. The Labute approximate surface area is 150 Å². The van der Waals surface area contributed by atoms with Crippen molar-refractivity contribution in [3.8, 4) is 0 Å². The van der Waals surface area contributed by atoms with Crippen molar-refractivity contribution in [2.75, 3.05) is 13.2 Å². The number of rotatable bonds is 9. The highest BCUT2D eigenvalue weighted by Gasteiger charge is 2.23. The lowest BCUT2D eigenvalue weighted by atomic mass is 9.92. The van der Waals surface area contributed by atoms with E-state index in [9.17, 15) is 9.59 Å². The van der Waals surface area contributed by atoms with E-state index in [1.165, 1.54) is 0 Å². The summed E-state index contributed by atoms with van der Waals surface area (Å²) in [6.07, 6.45) is 1.85. The Morgan fingerprint density at radius 1 is 1.28 bits per heavy atom. The van der Waals surface area contributed by atoms with Gasteiger partial charge in [-0.05, 0) is 44.4 Å². The van der Waals surface area contributed by atoms with Gasteiger partial charge in [-0.15, -0.1) is 0 Å². The third-order valence-corrected chi connectivity index (χ3v) is 3.91. The number of carbonyl (C=O) groups excluding carboxylic acids is 2. The van der Waals surface area contributed by atoms with Gasteiger partial charge in [-0.3, -0.25) is 4.79 Å². The maximum absolute atomic E-state index is 12.0. The van der Waals surface area contributed by atoms with Crippen LogP contribution in [0.15, 0.2) is 30.8 Å². The van der Waals surface area contributed by atoms with Crippen molar-refractivity contribution in [2.45, 2.75) is 52.5 Å². The molecule has 0 spiro atoms. The second-order valence-corrected chi connectivity index (χ2v) is 6.70. The van der Waals surface area contributed by atoms with Crippen molar-refractivity contribution in [3.05, 3.63) is 42.0 Å². The molecule has 0 saturated carbocycles. The van der Waals surface area contributed by atoms with Crippen molar-refractivity contribution in [1.82, 2.24) is 10.6 Å². The van der Waals surface area contributed by atoms with Crippen molar-refractivity contribution in [1.29, 1.82) is 0 Å². The van der Waals surface area contributed by atoms with Crippen molar-refractivity contribution < 1.29 is 14.3 Å². The van der Waals surface area contributed by atoms with Crippen LogP contribution >= 0.6 is 0 Å². The van der Waals surface area contributed by atoms with E-state index in [0.29, 0.717) is 13.0 Å². The molecule has 0 aliphatic heterocycles. The third-order valence-electron chi connectivity index (χ3n) is 3.91. The molecule has 0 saturated heterocycles. The molecule has 1 aromatic carbocycles. The van der Waals surface area contributed by atoms with Crippen LogP contribution in [-0.4, -0.2) is 25.2 Å². The lowest BCUT2D eigenvalue weighted by Crippen LogP contribution is -2.42. The smallest absolute Gasteiger partial charge is 0.407 e. The van der Waals surface area contributed by atoms with Crippen LogP contribution in [0.25, 0.3) is 5.57 Å². The van der Waals surface area contributed by atoms with Crippen LogP contribution in [0.4, 0.5) is 4.79 Å². The zero-order valence-electron chi connectivity index (χ0n) is 15.8. The van der Waals surface area contributed by atoms with Gasteiger partial charge < -0.3 is 15.4 Å². The minimum absolute atomic E-state index is 0.0113. The van der Waals surface area contributed by atoms with E-state index in [2.05, 4.69) is 17.2 Å². The number of nitrogens with one attached hydrogen (secondary N) is 2. The van der Waals surface area contributed by atoms with Crippen molar-refractivity contribution >= 4 is 17.6 Å². The molecule has 0 heterocycles. The summed E-state index contributed by atoms with van der Waals surface area (Å²) in [5.74, 6) is -0.0113. The Kier molecular flexibility index (Phi) is 8.19. The fourth-order valence-electron chi connectivity index (χ4n) is 2.30. The summed E-state index contributed by atoms with van der Waals surface area (Å²) in [6, 6.07) is 7.90. The third kappa shape index (κ3) is 7.42. The van der Waals surface area contributed by atoms with Gasteiger partial charge in [0, 0.05) is 6.42 Å². The molecule has 0 aliphatic carbocycles. The number of allylic oxidation sites excluding steroid dienone is 1. The summed E-state index contributed by atoms with van der Waals surface area (Å²) in [4.78, 5) is 23.5. The number of amides is 2. The van der Waals surface area contributed by atoms with Crippen molar-refractivity contribution in [2.24, 2.45) is 0 Å². The Hall–Kier alpha value is -2.30. The zero-order valence-corrected chi connectivity index (χ0v) is 15.8. The monoisotopic (exact) mass is 346 g/mol. The topological polar surface area (TPSA) is 67.4 Å². The molecular weight excluding hydrogens is 316 g/mol. The second kappa shape index (κ2) is 9.87. The second-order valence-electron chi connectivity index (χ2n) is 6.70. The molecule has 25 heavy (non-hydrogen) atoms. The molecule has 1 rings (SSSR count). The molecule has 5 nitrogen and oxygen atoms in total. The molecular formula is C20H30N2O3. The molecule has 5 heteroatoms. The van der Waals surface area contributed by atoms with Crippen LogP contribution in [0.2, 0.25) is 0 Å². The Balaban J connectivity index is 2.46. The molecule has 0 atom stereocenters. The molecule has 0 radical (unpaired) electrons. The van der Waals surface area contributed by atoms with Gasteiger partial charge >= 0.3 is 6.09 Å². The molecule has 2 N–H and O–H groups in total. The van der Waals surface area contributed by atoms with E-state index in [1.807, 2.05) is 52.0 Å². The normalized spacial score (nSPS) is 10.9. The number of ether oxygens (including phenoxy) is 1. The zero-order chi connectivity index (χ0) is 18.9. The van der Waals surface area contributed by atoms with E-state index < -0.39 is 11.6 Å². The highest BCUT2D eigenvalue weighted by atomic mass is 16.5. The predicted octanol–water partition coefficient (Wildman–Crippen LogP) is 3.99. The fraction of sp³-hybridized carbons (Fsp3) is 0.500. The molecule has 0 fully saturated rings. The molecule has 2 amide bonds. The first-order valence-electron chi connectivity index (χ1n) is 8.74. The minimum Gasteiger partial charge on any atom is -0.448 e. The van der Waals surface area contributed by atoms with Gasteiger partial charge in [0.15, 0.2) is 0 Å². The summed E-state index contributed by atoms with van der Waals surface area (Å²) in [6.45, 7) is 12.2. The Morgan fingerprint density at radius 3 is 2.64 bits per heavy atom. The van der Waals surface area contributed by atoms with Crippen LogP contribution in [0.5, 0.6) is 0 Å². The number of carbonyl (C=O) groups is 2. The van der Waals surface area contributed by atoms with Gasteiger partial charge in [-0.25, -0.2) is 4.79 Å². The first-order valence-corrected chi connectivity index (χ1v) is 8.74. The number of unbranched alkanes of at least 4 members (excludes halogenated alkanes) is 1. The van der Waals surface area contributed by atoms with E-state index in [0.717, 1.165) is 29.5 Å². The summed E-state index contributed by atoms with van der Waals surface area (Å²) >= 11 is 0. The average Bonchev–Trinajstić information content (AvgIpc) is 2.56. The van der Waals surface area contributed by atoms with Gasteiger partial charge in [-0.1, -0.05) is 43.7 Å². The van der Waals surface area contributed by atoms with Gasteiger partial charge in [0.25, 0.3) is 0 Å². The maximum Gasteiger partial charge on any atom is 0.407 e. The number of hydrogen-bond acceptors (Lipinski definition) is 3. The number of benzene rings is 1. The van der Waals surface area contributed by atoms with Crippen LogP contribution in [0, 0.1) is 0 Å². The lowest BCUT2D eigenvalue weighted by molar-refractivity contribution is -0.121. The number of alkyl carbamates (subject to hydrolysis) is 1. The molecule has 0 aliphatic rings. The first kappa shape index (κ1) is 20.7. The lowest BCUT2D eigenvalue weighted by Gasteiger charge is -2.27. The van der Waals surface area contributed by atoms with E-state index >= 15 is 0 Å². The summed E-state index contributed by atoms with van der Waals surface area (Å²) < 4.78 is 5.15. The van der Waals surface area contributed by atoms with E-state index in [-0.39, 0.29) is 12.5 Å². The fourth-order valence-corrected chi connectivity index (χ4v) is 2.30. The quantitative estimate of drug-likeness (QED) is 0.664. The van der Waals surface area contributed by atoms with Gasteiger partial charge in [0.05, 0.1) is 12.1 Å². The SMILES string of the molecule is C=C(C)c1cccc(C(C)(C)NC(=O)OCCNC(=O)CCCC)c1.